The zero-order chi connectivity index (χ0) is 27.2. The van der Waals surface area contributed by atoms with Crippen LogP contribution < -0.4 is 4.90 Å². The van der Waals surface area contributed by atoms with Crippen LogP contribution in [0.4, 0.5) is 11.6 Å². The summed E-state index contributed by atoms with van der Waals surface area (Å²) < 4.78 is 56.1. The second-order valence-electron chi connectivity index (χ2n) is 8.78. The summed E-state index contributed by atoms with van der Waals surface area (Å²) in [5.41, 5.74) is -0.214. The largest absolute Gasteiger partial charge is 0.285 e. The highest BCUT2D eigenvalue weighted by Crippen LogP contribution is 2.44. The predicted molar refractivity (Wildman–Crippen MR) is 145 cm³/mol. The lowest BCUT2D eigenvalue weighted by Gasteiger charge is -2.26. The van der Waals surface area contributed by atoms with Gasteiger partial charge in [0.05, 0.1) is 30.5 Å². The summed E-state index contributed by atoms with van der Waals surface area (Å²) in [5, 5.41) is 0.438. The molecular weight excluding hydrogens is 629 g/mol. The number of carbonyl (C=O) groups is 1. The standard InChI is InChI=1S/C23H22BrCl2N3O6S2/c1-23(13-15-4-6-16(24)7-5-15)21(30)28(19-11-17(25)10-18(26)12-19)22-27-14-20(29(22)23)37(33,34)9-3-8-35-36(2,31)32/h4-7,10-12,14H,3,8-9,13H2,1-2H3/t23-/m1/s1. The van der Waals surface area contributed by atoms with Crippen LogP contribution in [0.3, 0.4) is 0 Å². The highest BCUT2D eigenvalue weighted by Gasteiger charge is 2.51. The summed E-state index contributed by atoms with van der Waals surface area (Å²) in [6, 6.07) is 12.0. The fourth-order valence-corrected chi connectivity index (χ4v) is 6.90. The SMILES string of the molecule is C[C@@]1(Cc2ccc(Br)cc2)C(=O)N(c2cc(Cl)cc(Cl)c2)c2ncc(S(=O)(=O)CCCOS(C)(=O)=O)n21. The number of amides is 1. The number of halogens is 3. The van der Waals surface area contributed by atoms with E-state index in [-0.39, 0.29) is 30.4 Å². The van der Waals surface area contributed by atoms with E-state index in [0.717, 1.165) is 16.3 Å². The van der Waals surface area contributed by atoms with Gasteiger partial charge in [0, 0.05) is 20.9 Å². The molecular formula is C23H22BrCl2N3O6S2. The van der Waals surface area contributed by atoms with E-state index in [0.29, 0.717) is 15.7 Å². The number of carbonyl (C=O) groups excluding carboxylic acids is 1. The van der Waals surface area contributed by atoms with Crippen LogP contribution >= 0.6 is 39.1 Å². The Morgan fingerprint density at radius 2 is 1.68 bits per heavy atom. The number of hydrogen-bond donors (Lipinski definition) is 0. The van der Waals surface area contributed by atoms with Gasteiger partial charge in [-0.3, -0.25) is 13.5 Å². The highest BCUT2D eigenvalue weighted by atomic mass is 79.9. The molecule has 1 atom stereocenters. The number of rotatable bonds is 9. The zero-order valence-electron chi connectivity index (χ0n) is 19.7. The van der Waals surface area contributed by atoms with Crippen LogP contribution in [-0.4, -0.2) is 50.9 Å². The topological polar surface area (TPSA) is 116 Å². The van der Waals surface area contributed by atoms with Gasteiger partial charge in [-0.1, -0.05) is 51.3 Å². The summed E-state index contributed by atoms with van der Waals surface area (Å²) in [5.74, 6) is -0.707. The van der Waals surface area contributed by atoms with Gasteiger partial charge < -0.3 is 0 Å². The fraction of sp³-hybridized carbons (Fsp3) is 0.304. The van der Waals surface area contributed by atoms with Crippen molar-refractivity contribution in [2.24, 2.45) is 0 Å². The van der Waals surface area contributed by atoms with Crippen LogP contribution in [-0.2, 0) is 40.9 Å². The van der Waals surface area contributed by atoms with Gasteiger partial charge in [0.1, 0.15) is 5.54 Å². The third kappa shape index (κ3) is 5.89. The lowest BCUT2D eigenvalue weighted by Crippen LogP contribution is -2.42. The van der Waals surface area contributed by atoms with Crippen LogP contribution in [0.1, 0.15) is 18.9 Å². The van der Waals surface area contributed by atoms with Crippen molar-refractivity contribution in [3.8, 4) is 0 Å². The smallest absolute Gasteiger partial charge is 0.264 e. The summed E-state index contributed by atoms with van der Waals surface area (Å²) in [4.78, 5) is 19.6. The van der Waals surface area contributed by atoms with E-state index >= 15 is 0 Å². The number of sulfone groups is 1. The van der Waals surface area contributed by atoms with Crippen molar-refractivity contribution in [3.63, 3.8) is 0 Å². The summed E-state index contributed by atoms with van der Waals surface area (Å²) >= 11 is 15.8. The number of aromatic nitrogens is 2. The van der Waals surface area contributed by atoms with Crippen LogP contribution in [0.5, 0.6) is 0 Å². The first kappa shape index (κ1) is 28.1. The van der Waals surface area contributed by atoms with Crippen LogP contribution in [0, 0.1) is 0 Å². The Morgan fingerprint density at radius 1 is 1.05 bits per heavy atom. The number of nitrogens with zero attached hydrogens (tertiary/aromatic N) is 3. The minimum Gasteiger partial charge on any atom is -0.285 e. The number of imidazole rings is 1. The lowest BCUT2D eigenvalue weighted by molar-refractivity contribution is -0.124. The van der Waals surface area contributed by atoms with Crippen LogP contribution in [0.2, 0.25) is 10.0 Å². The van der Waals surface area contributed by atoms with Gasteiger partial charge in [-0.2, -0.15) is 8.42 Å². The molecule has 0 N–H and O–H groups in total. The molecule has 1 aliphatic heterocycles. The third-order valence-corrected chi connectivity index (χ3v) is 9.12. The van der Waals surface area contributed by atoms with Crippen LogP contribution in [0.15, 0.2) is 58.2 Å². The zero-order valence-corrected chi connectivity index (χ0v) is 24.4. The highest BCUT2D eigenvalue weighted by molar-refractivity contribution is 9.10. The first-order valence-corrected chi connectivity index (χ1v) is 15.9. The number of anilines is 2. The second kappa shape index (κ2) is 10.3. The molecule has 37 heavy (non-hydrogen) atoms. The van der Waals surface area contributed by atoms with Crippen molar-refractivity contribution in [1.29, 1.82) is 0 Å². The molecule has 2 heterocycles. The van der Waals surface area contributed by atoms with E-state index < -0.39 is 37.2 Å². The maximum absolute atomic E-state index is 14.0. The van der Waals surface area contributed by atoms with E-state index in [9.17, 15) is 21.6 Å². The number of hydrogen-bond acceptors (Lipinski definition) is 7. The van der Waals surface area contributed by atoms with E-state index in [2.05, 4.69) is 25.1 Å². The molecule has 0 saturated carbocycles. The molecule has 0 bridgehead atoms. The quantitative estimate of drug-likeness (QED) is 0.243. The van der Waals surface area contributed by atoms with Crippen molar-refractivity contribution in [3.05, 3.63) is 68.7 Å². The van der Waals surface area contributed by atoms with Gasteiger partial charge in [-0.15, -0.1) is 0 Å². The molecule has 0 fully saturated rings. The summed E-state index contributed by atoms with van der Waals surface area (Å²) in [7, 11) is -7.69. The van der Waals surface area contributed by atoms with E-state index in [1.54, 1.807) is 19.1 Å². The molecule has 0 saturated heterocycles. The van der Waals surface area contributed by atoms with Crippen molar-refractivity contribution in [2.45, 2.75) is 30.3 Å². The maximum Gasteiger partial charge on any atom is 0.264 e. The van der Waals surface area contributed by atoms with Gasteiger partial charge in [-0.05, 0) is 49.2 Å². The molecule has 9 nitrogen and oxygen atoms in total. The molecule has 0 spiro atoms. The van der Waals surface area contributed by atoms with Gasteiger partial charge >= 0.3 is 0 Å². The molecule has 0 unspecified atom stereocenters. The van der Waals surface area contributed by atoms with Gasteiger partial charge in [-0.25, -0.2) is 18.3 Å². The Kier molecular flexibility index (Phi) is 7.82. The van der Waals surface area contributed by atoms with Crippen molar-refractivity contribution >= 4 is 76.6 Å². The normalized spacial score (nSPS) is 17.9. The minimum absolute atomic E-state index is 0.0685. The van der Waals surface area contributed by atoms with Crippen molar-refractivity contribution in [1.82, 2.24) is 9.55 Å². The van der Waals surface area contributed by atoms with E-state index in [1.807, 2.05) is 24.3 Å². The average Bonchev–Trinajstić information content (AvgIpc) is 3.31. The Bertz CT molecular complexity index is 1560. The Hall–Kier alpha value is -1.96. The Labute approximate surface area is 233 Å². The Morgan fingerprint density at radius 3 is 2.27 bits per heavy atom. The first-order valence-electron chi connectivity index (χ1n) is 10.9. The molecule has 198 valence electrons. The molecule has 0 radical (unpaired) electrons. The molecule has 1 aliphatic rings. The molecule has 0 aliphatic carbocycles. The number of fused-ring (bicyclic) bond motifs is 1. The maximum atomic E-state index is 14.0. The average molecular weight is 651 g/mol. The summed E-state index contributed by atoms with van der Waals surface area (Å²) in [6.07, 6.45) is 2.20. The van der Waals surface area contributed by atoms with E-state index in [4.69, 9.17) is 23.2 Å². The minimum atomic E-state index is -3.99. The van der Waals surface area contributed by atoms with Gasteiger partial charge in [0.15, 0.2) is 14.9 Å². The second-order valence-corrected chi connectivity index (χ2v) is 14.3. The van der Waals surface area contributed by atoms with E-state index in [1.165, 1.54) is 21.7 Å². The molecule has 14 heteroatoms. The molecule has 3 aromatic rings. The molecule has 2 aromatic carbocycles. The third-order valence-electron chi connectivity index (χ3n) is 5.81. The molecule has 4 rings (SSSR count). The van der Waals surface area contributed by atoms with Crippen molar-refractivity contribution in [2.75, 3.05) is 23.5 Å². The van der Waals surface area contributed by atoms with Crippen LogP contribution in [0.25, 0.3) is 0 Å². The lowest BCUT2D eigenvalue weighted by atomic mass is 9.92. The van der Waals surface area contributed by atoms with Gasteiger partial charge in [0.2, 0.25) is 5.95 Å². The number of benzene rings is 2. The molecule has 1 amide bonds. The Balaban J connectivity index is 1.80. The monoisotopic (exact) mass is 649 g/mol. The van der Waals surface area contributed by atoms with Gasteiger partial charge in [0.25, 0.3) is 16.0 Å². The molecule has 1 aromatic heterocycles. The summed E-state index contributed by atoms with van der Waals surface area (Å²) in [6.45, 7) is 1.36. The predicted octanol–water partition coefficient (Wildman–Crippen LogP) is 4.73. The van der Waals surface area contributed by atoms with Crippen molar-refractivity contribution < 1.29 is 25.8 Å². The fourth-order valence-electron chi connectivity index (χ4n) is 4.21. The first-order chi connectivity index (χ1) is 17.2.